The molecule has 2 aliphatic rings. The maximum Gasteiger partial charge on any atom is 0.225 e. The van der Waals surface area contributed by atoms with Crippen LogP contribution < -0.4 is 5.32 Å². The molecule has 8 heteroatoms. The average Bonchev–Trinajstić information content (AvgIpc) is 3.39. The highest BCUT2D eigenvalue weighted by Gasteiger charge is 2.35. The fourth-order valence-corrected chi connectivity index (χ4v) is 3.97. The molecule has 142 valence electrons. The van der Waals surface area contributed by atoms with Crippen LogP contribution >= 0.6 is 0 Å². The quantitative estimate of drug-likeness (QED) is 0.835. The molecule has 0 unspecified atom stereocenters. The third-order valence-electron chi connectivity index (χ3n) is 5.48. The van der Waals surface area contributed by atoms with Gasteiger partial charge in [0.1, 0.15) is 5.82 Å². The number of carbonyl (C=O) groups excluding carboxylic acids is 2. The molecule has 1 saturated carbocycles. The first kappa shape index (κ1) is 17.6. The Hall–Kier alpha value is -2.77. The molecule has 8 nitrogen and oxygen atoms in total. The highest BCUT2D eigenvalue weighted by molar-refractivity contribution is 5.84. The predicted molar refractivity (Wildman–Crippen MR) is 98.2 cm³/mol. The number of amides is 2. The second-order valence-corrected chi connectivity index (χ2v) is 7.28. The molecule has 1 atom stereocenters. The normalized spacial score (nSPS) is 20.8. The fourth-order valence-electron chi connectivity index (χ4n) is 3.97. The fraction of sp³-hybridized carbons (Fsp3) is 0.526. The van der Waals surface area contributed by atoms with Gasteiger partial charge in [0, 0.05) is 37.0 Å². The Morgan fingerprint density at radius 1 is 1.22 bits per heavy atom. The summed E-state index contributed by atoms with van der Waals surface area (Å²) in [4.78, 5) is 35.2. The van der Waals surface area contributed by atoms with Crippen molar-refractivity contribution in [3.63, 3.8) is 0 Å². The summed E-state index contributed by atoms with van der Waals surface area (Å²) in [5, 5.41) is 9.98. The molecule has 2 aromatic heterocycles. The van der Waals surface area contributed by atoms with Gasteiger partial charge in [-0.2, -0.15) is 5.10 Å². The van der Waals surface area contributed by atoms with Gasteiger partial charge in [0.2, 0.25) is 11.8 Å². The minimum Gasteiger partial charge on any atom is -0.349 e. The SMILES string of the molecule is O=C(NCc1nc(-c2ccncc2)n[nH]1)[C@@H]1CCC(=O)N(C2CCCC2)C1. The maximum atomic E-state index is 12.6. The van der Waals surface area contributed by atoms with Crippen molar-refractivity contribution in [2.45, 2.75) is 51.1 Å². The van der Waals surface area contributed by atoms with Crippen molar-refractivity contribution in [3.8, 4) is 11.4 Å². The van der Waals surface area contributed by atoms with Gasteiger partial charge in [0.05, 0.1) is 12.5 Å². The van der Waals surface area contributed by atoms with Gasteiger partial charge in [0.15, 0.2) is 5.82 Å². The van der Waals surface area contributed by atoms with E-state index < -0.39 is 0 Å². The van der Waals surface area contributed by atoms with Gasteiger partial charge in [-0.3, -0.25) is 19.7 Å². The van der Waals surface area contributed by atoms with Crippen LogP contribution in [0.4, 0.5) is 0 Å². The van der Waals surface area contributed by atoms with Crippen LogP contribution in [-0.2, 0) is 16.1 Å². The predicted octanol–water partition coefficient (Wildman–Crippen LogP) is 1.66. The Labute approximate surface area is 157 Å². The molecule has 2 N–H and O–H groups in total. The molecular weight excluding hydrogens is 344 g/mol. The zero-order valence-corrected chi connectivity index (χ0v) is 15.2. The minimum absolute atomic E-state index is 0.0210. The van der Waals surface area contributed by atoms with E-state index >= 15 is 0 Å². The first-order valence-electron chi connectivity index (χ1n) is 9.59. The van der Waals surface area contributed by atoms with Gasteiger partial charge in [-0.25, -0.2) is 4.98 Å². The zero-order valence-electron chi connectivity index (χ0n) is 15.2. The van der Waals surface area contributed by atoms with Crippen molar-refractivity contribution >= 4 is 11.8 Å². The Bertz CT molecular complexity index is 800. The van der Waals surface area contributed by atoms with E-state index in [1.165, 1.54) is 12.8 Å². The summed E-state index contributed by atoms with van der Waals surface area (Å²) < 4.78 is 0. The number of carbonyl (C=O) groups is 2. The highest BCUT2D eigenvalue weighted by atomic mass is 16.2. The van der Waals surface area contributed by atoms with Crippen molar-refractivity contribution in [2.24, 2.45) is 5.92 Å². The van der Waals surface area contributed by atoms with Crippen LogP contribution in [0.1, 0.15) is 44.3 Å². The van der Waals surface area contributed by atoms with Gasteiger partial charge < -0.3 is 10.2 Å². The number of likely N-dealkylation sites (tertiary alicyclic amines) is 1. The number of aromatic amines is 1. The van der Waals surface area contributed by atoms with Crippen LogP contribution in [0.5, 0.6) is 0 Å². The van der Waals surface area contributed by atoms with E-state index in [1.807, 2.05) is 17.0 Å². The molecule has 2 amide bonds. The van der Waals surface area contributed by atoms with Gasteiger partial charge >= 0.3 is 0 Å². The molecule has 0 spiro atoms. The van der Waals surface area contributed by atoms with Crippen LogP contribution in [0, 0.1) is 5.92 Å². The number of H-pyrrole nitrogens is 1. The summed E-state index contributed by atoms with van der Waals surface area (Å²) in [5.74, 6) is 1.22. The molecule has 1 aliphatic heterocycles. The maximum absolute atomic E-state index is 12.6. The van der Waals surface area contributed by atoms with Crippen molar-refractivity contribution in [1.29, 1.82) is 0 Å². The summed E-state index contributed by atoms with van der Waals surface area (Å²) in [7, 11) is 0. The minimum atomic E-state index is -0.147. The molecule has 27 heavy (non-hydrogen) atoms. The van der Waals surface area contributed by atoms with Crippen molar-refractivity contribution < 1.29 is 9.59 Å². The lowest BCUT2D eigenvalue weighted by Gasteiger charge is -2.36. The van der Waals surface area contributed by atoms with E-state index in [-0.39, 0.29) is 17.7 Å². The second kappa shape index (κ2) is 7.85. The molecule has 4 rings (SSSR count). The summed E-state index contributed by atoms with van der Waals surface area (Å²) in [5.41, 5.74) is 0.872. The molecule has 0 radical (unpaired) electrons. The lowest BCUT2D eigenvalue weighted by Crippen LogP contribution is -2.49. The summed E-state index contributed by atoms with van der Waals surface area (Å²) in [6.45, 7) is 0.832. The summed E-state index contributed by atoms with van der Waals surface area (Å²) in [6.07, 6.45) is 8.94. The Kier molecular flexibility index (Phi) is 5.13. The van der Waals surface area contributed by atoms with Crippen LogP contribution in [0.25, 0.3) is 11.4 Å². The molecule has 3 heterocycles. The van der Waals surface area contributed by atoms with Gasteiger partial charge in [-0.1, -0.05) is 12.8 Å². The number of piperidine rings is 1. The number of hydrogen-bond donors (Lipinski definition) is 2. The second-order valence-electron chi connectivity index (χ2n) is 7.28. The Balaban J connectivity index is 1.33. The van der Waals surface area contributed by atoms with E-state index in [4.69, 9.17) is 0 Å². The molecule has 0 aromatic carbocycles. The van der Waals surface area contributed by atoms with Crippen LogP contribution in [0.2, 0.25) is 0 Å². The molecule has 1 saturated heterocycles. The standard InChI is InChI=1S/C19H24N6O2/c26-17-6-5-14(12-25(17)15-3-1-2-4-15)19(27)21-11-16-22-18(24-23-16)13-7-9-20-10-8-13/h7-10,14-15H,1-6,11-12H2,(H,21,27)(H,22,23,24)/t14-/m1/s1. The van der Waals surface area contributed by atoms with E-state index in [2.05, 4.69) is 25.5 Å². The average molecular weight is 368 g/mol. The lowest BCUT2D eigenvalue weighted by molar-refractivity contribution is -0.140. The molecule has 2 fully saturated rings. The molecule has 0 bridgehead atoms. The monoisotopic (exact) mass is 368 g/mol. The smallest absolute Gasteiger partial charge is 0.225 e. The van der Waals surface area contributed by atoms with Crippen molar-refractivity contribution in [3.05, 3.63) is 30.4 Å². The Morgan fingerprint density at radius 3 is 2.78 bits per heavy atom. The third kappa shape index (κ3) is 3.99. The summed E-state index contributed by atoms with van der Waals surface area (Å²) >= 11 is 0. The van der Waals surface area contributed by atoms with Crippen LogP contribution in [0.15, 0.2) is 24.5 Å². The number of nitrogens with one attached hydrogen (secondary N) is 2. The van der Waals surface area contributed by atoms with E-state index in [0.717, 1.165) is 18.4 Å². The topological polar surface area (TPSA) is 104 Å². The number of aromatic nitrogens is 4. The highest BCUT2D eigenvalue weighted by Crippen LogP contribution is 2.28. The largest absolute Gasteiger partial charge is 0.349 e. The zero-order chi connectivity index (χ0) is 18.6. The van der Waals surface area contributed by atoms with Crippen molar-refractivity contribution in [2.75, 3.05) is 6.54 Å². The number of nitrogens with zero attached hydrogens (tertiary/aromatic N) is 4. The first-order chi connectivity index (χ1) is 13.2. The number of pyridine rings is 1. The molecular formula is C19H24N6O2. The van der Waals surface area contributed by atoms with E-state index in [0.29, 0.717) is 43.6 Å². The summed E-state index contributed by atoms with van der Waals surface area (Å²) in [6, 6.07) is 4.00. The third-order valence-corrected chi connectivity index (χ3v) is 5.48. The van der Waals surface area contributed by atoms with Gasteiger partial charge in [0.25, 0.3) is 0 Å². The van der Waals surface area contributed by atoms with Crippen molar-refractivity contribution in [1.82, 2.24) is 30.4 Å². The van der Waals surface area contributed by atoms with Crippen LogP contribution in [0.3, 0.4) is 0 Å². The van der Waals surface area contributed by atoms with Crippen LogP contribution in [-0.4, -0.2) is 49.5 Å². The molecule has 1 aliphatic carbocycles. The van der Waals surface area contributed by atoms with E-state index in [9.17, 15) is 9.59 Å². The van der Waals surface area contributed by atoms with Gasteiger partial charge in [-0.05, 0) is 31.4 Å². The first-order valence-corrected chi connectivity index (χ1v) is 9.59. The molecule has 2 aromatic rings. The van der Waals surface area contributed by atoms with E-state index in [1.54, 1.807) is 12.4 Å². The lowest BCUT2D eigenvalue weighted by atomic mass is 9.95. The van der Waals surface area contributed by atoms with Gasteiger partial charge in [-0.15, -0.1) is 0 Å². The Morgan fingerprint density at radius 2 is 2.00 bits per heavy atom. The number of rotatable bonds is 5. The number of hydrogen-bond acceptors (Lipinski definition) is 5.